The quantitative estimate of drug-likeness (QED) is 0.407. The predicted molar refractivity (Wildman–Crippen MR) is 135 cm³/mol. The molecule has 3 aromatic carbocycles. The molecule has 0 aliphatic heterocycles. The summed E-state index contributed by atoms with van der Waals surface area (Å²) < 4.78 is 0. The van der Waals surface area contributed by atoms with E-state index in [1.165, 1.54) is 0 Å². The first kappa shape index (κ1) is 24.5. The van der Waals surface area contributed by atoms with Crippen LogP contribution < -0.4 is 21.3 Å². The minimum Gasteiger partial charge on any atom is -0.376 e. The summed E-state index contributed by atoms with van der Waals surface area (Å²) in [7, 11) is 0. The van der Waals surface area contributed by atoms with Crippen LogP contribution in [-0.2, 0) is 11.3 Å². The van der Waals surface area contributed by atoms with Crippen molar-refractivity contribution in [3.8, 4) is 0 Å². The van der Waals surface area contributed by atoms with Gasteiger partial charge in [0.15, 0.2) is 0 Å². The number of hydrogen-bond donors (Lipinski definition) is 4. The molecule has 0 bridgehead atoms. The second-order valence-corrected chi connectivity index (χ2v) is 8.93. The highest BCUT2D eigenvalue weighted by atomic mass is 16.2. The summed E-state index contributed by atoms with van der Waals surface area (Å²) >= 11 is 0. The highest BCUT2D eigenvalue weighted by Crippen LogP contribution is 2.13. The highest BCUT2D eigenvalue weighted by Gasteiger charge is 2.15. The Morgan fingerprint density at radius 3 is 2.12 bits per heavy atom. The third-order valence-electron chi connectivity index (χ3n) is 4.79. The molecule has 4 N–H and O–H groups in total. The first-order chi connectivity index (χ1) is 16.2. The molecule has 7 nitrogen and oxygen atoms in total. The fraction of sp³-hybridized carbons (Fsp3) is 0.222. The summed E-state index contributed by atoms with van der Waals surface area (Å²) in [5.41, 5.74) is 2.96. The molecule has 34 heavy (non-hydrogen) atoms. The molecule has 0 spiro atoms. The lowest BCUT2D eigenvalue weighted by molar-refractivity contribution is -0.114. The monoisotopic (exact) mass is 458 g/mol. The van der Waals surface area contributed by atoms with Gasteiger partial charge in [-0.3, -0.25) is 14.4 Å². The van der Waals surface area contributed by atoms with Gasteiger partial charge in [-0.2, -0.15) is 0 Å². The van der Waals surface area contributed by atoms with Gasteiger partial charge in [0.05, 0.1) is 6.54 Å². The number of amides is 3. The van der Waals surface area contributed by atoms with Crippen molar-refractivity contribution in [2.75, 3.05) is 17.2 Å². The molecule has 0 aliphatic carbocycles. The van der Waals surface area contributed by atoms with Gasteiger partial charge in [-0.1, -0.05) is 36.4 Å². The molecule has 0 saturated carbocycles. The zero-order valence-corrected chi connectivity index (χ0v) is 19.6. The first-order valence-corrected chi connectivity index (χ1v) is 11.1. The average molecular weight is 459 g/mol. The summed E-state index contributed by atoms with van der Waals surface area (Å²) in [5, 5.41) is 11.6. The third-order valence-corrected chi connectivity index (χ3v) is 4.79. The van der Waals surface area contributed by atoms with E-state index in [0.29, 0.717) is 23.4 Å². The van der Waals surface area contributed by atoms with E-state index in [1.807, 2.05) is 51.1 Å². The van der Waals surface area contributed by atoms with Crippen molar-refractivity contribution >= 4 is 29.1 Å². The molecule has 0 saturated heterocycles. The zero-order chi connectivity index (χ0) is 24.6. The maximum atomic E-state index is 12.5. The zero-order valence-electron chi connectivity index (χ0n) is 19.6. The first-order valence-electron chi connectivity index (χ1n) is 11.1. The van der Waals surface area contributed by atoms with E-state index >= 15 is 0 Å². The van der Waals surface area contributed by atoms with Crippen LogP contribution in [0.1, 0.15) is 47.1 Å². The van der Waals surface area contributed by atoms with Crippen LogP contribution in [0, 0.1) is 0 Å². The van der Waals surface area contributed by atoms with E-state index < -0.39 is 0 Å². The number of rotatable bonds is 8. The Labute approximate surface area is 200 Å². The maximum absolute atomic E-state index is 12.5. The molecular formula is C27H30N4O3. The lowest BCUT2D eigenvalue weighted by atomic mass is 10.1. The predicted octanol–water partition coefficient (Wildman–Crippen LogP) is 4.20. The number of carbonyl (C=O) groups is 3. The van der Waals surface area contributed by atoms with Gasteiger partial charge in [0.2, 0.25) is 5.91 Å². The van der Waals surface area contributed by atoms with Crippen molar-refractivity contribution in [1.29, 1.82) is 0 Å². The Bertz CT molecular complexity index is 1140. The van der Waals surface area contributed by atoms with Crippen molar-refractivity contribution in [2.45, 2.75) is 32.9 Å². The van der Waals surface area contributed by atoms with Gasteiger partial charge in [0, 0.05) is 34.6 Å². The standard InChI is InChI=1S/C27H30N4O3/c1-27(2,3)31-26(34)20-12-14-22(15-13-20)28-18-24(32)30-23-11-7-10-21(16-23)25(33)29-17-19-8-5-4-6-9-19/h4-16,28H,17-18H2,1-3H3,(H,29,33)(H,30,32)(H,31,34). The summed E-state index contributed by atoms with van der Waals surface area (Å²) in [6.45, 7) is 6.24. The molecule has 3 amide bonds. The maximum Gasteiger partial charge on any atom is 0.251 e. The Balaban J connectivity index is 1.49. The fourth-order valence-corrected chi connectivity index (χ4v) is 3.16. The van der Waals surface area contributed by atoms with Gasteiger partial charge in [-0.25, -0.2) is 0 Å². The molecular weight excluding hydrogens is 428 g/mol. The summed E-state index contributed by atoms with van der Waals surface area (Å²) in [5.74, 6) is -0.616. The molecule has 0 aromatic heterocycles. The van der Waals surface area contributed by atoms with E-state index in [9.17, 15) is 14.4 Å². The normalized spacial score (nSPS) is 10.8. The van der Waals surface area contributed by atoms with E-state index in [4.69, 9.17) is 0 Å². The van der Waals surface area contributed by atoms with Gasteiger partial charge in [0.1, 0.15) is 0 Å². The molecule has 0 atom stereocenters. The summed E-state index contributed by atoms with van der Waals surface area (Å²) in [6.07, 6.45) is 0. The average Bonchev–Trinajstić information content (AvgIpc) is 2.81. The molecule has 0 radical (unpaired) electrons. The molecule has 3 rings (SSSR count). The van der Waals surface area contributed by atoms with Gasteiger partial charge < -0.3 is 21.3 Å². The number of hydrogen-bond acceptors (Lipinski definition) is 4. The van der Waals surface area contributed by atoms with Crippen LogP contribution in [0.15, 0.2) is 78.9 Å². The minimum atomic E-state index is -0.314. The Kier molecular flexibility index (Phi) is 8.03. The Morgan fingerprint density at radius 1 is 0.735 bits per heavy atom. The lowest BCUT2D eigenvalue weighted by Gasteiger charge is -2.20. The van der Waals surface area contributed by atoms with Crippen molar-refractivity contribution in [3.63, 3.8) is 0 Å². The molecule has 3 aromatic rings. The van der Waals surface area contributed by atoms with E-state index in [0.717, 1.165) is 11.3 Å². The number of benzene rings is 3. The molecule has 0 fully saturated rings. The second-order valence-electron chi connectivity index (χ2n) is 8.93. The molecule has 0 heterocycles. The highest BCUT2D eigenvalue weighted by molar-refractivity contribution is 5.98. The van der Waals surface area contributed by atoms with E-state index in [-0.39, 0.29) is 29.8 Å². The number of nitrogens with one attached hydrogen (secondary N) is 4. The van der Waals surface area contributed by atoms with Crippen LogP contribution in [0.5, 0.6) is 0 Å². The molecule has 0 unspecified atom stereocenters. The Morgan fingerprint density at radius 2 is 1.44 bits per heavy atom. The Hall–Kier alpha value is -4.13. The van der Waals surface area contributed by atoms with Gasteiger partial charge in [0.25, 0.3) is 11.8 Å². The smallest absolute Gasteiger partial charge is 0.251 e. The van der Waals surface area contributed by atoms with Crippen molar-refractivity contribution in [2.24, 2.45) is 0 Å². The number of carbonyl (C=O) groups excluding carboxylic acids is 3. The van der Waals surface area contributed by atoms with E-state index in [2.05, 4.69) is 21.3 Å². The number of anilines is 2. The van der Waals surface area contributed by atoms with Crippen molar-refractivity contribution in [1.82, 2.24) is 10.6 Å². The minimum absolute atomic E-state index is 0.0396. The topological polar surface area (TPSA) is 99.3 Å². The van der Waals surface area contributed by atoms with Crippen LogP contribution in [0.2, 0.25) is 0 Å². The van der Waals surface area contributed by atoms with Gasteiger partial charge in [-0.05, 0) is 68.8 Å². The van der Waals surface area contributed by atoms with Crippen LogP contribution in [-0.4, -0.2) is 29.8 Å². The molecule has 7 heteroatoms. The van der Waals surface area contributed by atoms with Crippen LogP contribution in [0.25, 0.3) is 0 Å². The van der Waals surface area contributed by atoms with Gasteiger partial charge in [-0.15, -0.1) is 0 Å². The van der Waals surface area contributed by atoms with Crippen molar-refractivity contribution < 1.29 is 14.4 Å². The third kappa shape index (κ3) is 7.78. The van der Waals surface area contributed by atoms with Crippen LogP contribution in [0.3, 0.4) is 0 Å². The van der Waals surface area contributed by atoms with Crippen LogP contribution >= 0.6 is 0 Å². The summed E-state index contributed by atoms with van der Waals surface area (Å²) in [6, 6.07) is 23.4. The second kappa shape index (κ2) is 11.1. The largest absolute Gasteiger partial charge is 0.376 e. The fourth-order valence-electron chi connectivity index (χ4n) is 3.16. The molecule has 0 aliphatic rings. The summed E-state index contributed by atoms with van der Waals surface area (Å²) in [4.78, 5) is 37.0. The van der Waals surface area contributed by atoms with Gasteiger partial charge >= 0.3 is 0 Å². The lowest BCUT2D eigenvalue weighted by Crippen LogP contribution is -2.40. The van der Waals surface area contributed by atoms with Crippen LogP contribution in [0.4, 0.5) is 11.4 Å². The van der Waals surface area contributed by atoms with Crippen molar-refractivity contribution in [3.05, 3.63) is 95.6 Å². The SMILES string of the molecule is CC(C)(C)NC(=O)c1ccc(NCC(=O)Nc2cccc(C(=O)NCc3ccccc3)c2)cc1. The van der Waals surface area contributed by atoms with E-state index in [1.54, 1.807) is 48.5 Å². The molecule has 176 valence electrons.